The van der Waals surface area contributed by atoms with Crippen LogP contribution in [-0.2, 0) is 11.8 Å². The smallest absolute Gasteiger partial charge is 0.225 e. The molecule has 1 aliphatic heterocycles. The number of aromatic nitrogens is 4. The average Bonchev–Trinajstić information content (AvgIpc) is 2.94. The minimum Gasteiger partial charge on any atom is -0.354 e. The Kier molecular flexibility index (Phi) is 3.85. The Labute approximate surface area is 149 Å². The number of hydrogen-bond acceptors (Lipinski definition) is 6. The molecular formula is C19H26N6. The fraction of sp³-hybridized carbons (Fsp3) is 0.579. The number of rotatable bonds is 2. The van der Waals surface area contributed by atoms with E-state index in [1.54, 1.807) is 0 Å². The molecule has 1 saturated heterocycles. The first kappa shape index (κ1) is 16.2. The molecule has 132 valence electrons. The molecule has 0 N–H and O–H groups in total. The van der Waals surface area contributed by atoms with Crippen molar-refractivity contribution in [2.45, 2.75) is 44.9 Å². The molecule has 6 heteroatoms. The minimum absolute atomic E-state index is 0.124. The first-order chi connectivity index (χ1) is 12.0. The molecule has 0 saturated carbocycles. The van der Waals surface area contributed by atoms with Crippen molar-refractivity contribution in [2.24, 2.45) is 0 Å². The highest BCUT2D eigenvalue weighted by Crippen LogP contribution is 2.45. The fourth-order valence-electron chi connectivity index (χ4n) is 4.28. The monoisotopic (exact) mass is 338 g/mol. The molecule has 1 atom stereocenters. The molecule has 4 rings (SSSR count). The Bertz CT molecular complexity index is 798. The minimum atomic E-state index is 0.124. The van der Waals surface area contributed by atoms with Gasteiger partial charge in [0.15, 0.2) is 0 Å². The molecule has 25 heavy (non-hydrogen) atoms. The van der Waals surface area contributed by atoms with Crippen molar-refractivity contribution in [3.05, 3.63) is 35.0 Å². The highest BCUT2D eigenvalue weighted by molar-refractivity contribution is 5.48. The van der Waals surface area contributed by atoms with Crippen molar-refractivity contribution >= 4 is 11.8 Å². The van der Waals surface area contributed by atoms with Crippen LogP contribution in [-0.4, -0.2) is 47.1 Å². The molecule has 1 unspecified atom stereocenters. The second-order valence-corrected chi connectivity index (χ2v) is 7.66. The van der Waals surface area contributed by atoms with Crippen LogP contribution in [0, 0.1) is 13.8 Å². The maximum absolute atomic E-state index is 4.95. The van der Waals surface area contributed by atoms with Gasteiger partial charge < -0.3 is 9.80 Å². The third-order valence-electron chi connectivity index (χ3n) is 5.55. The molecule has 3 heterocycles. The summed E-state index contributed by atoms with van der Waals surface area (Å²) in [7, 11) is 4.00. The van der Waals surface area contributed by atoms with Crippen LogP contribution in [0.2, 0.25) is 0 Å². The predicted octanol–water partition coefficient (Wildman–Crippen LogP) is 2.43. The standard InChI is InChI=1S/C19H26N6/c1-13-10-20-14(2)17(22-13)25-9-5-7-19(12-25)8-6-15-11-21-18(24(3)4)23-16(15)19/h10-11H,5-9,12H2,1-4H3. The van der Waals surface area contributed by atoms with Crippen molar-refractivity contribution in [3.8, 4) is 0 Å². The van der Waals surface area contributed by atoms with E-state index in [1.807, 2.05) is 38.3 Å². The number of nitrogens with zero attached hydrogens (tertiary/aromatic N) is 6. The number of fused-ring (bicyclic) bond motifs is 2. The van der Waals surface area contributed by atoms with E-state index in [9.17, 15) is 0 Å². The van der Waals surface area contributed by atoms with Crippen molar-refractivity contribution in [1.29, 1.82) is 0 Å². The number of hydrogen-bond donors (Lipinski definition) is 0. The zero-order valence-corrected chi connectivity index (χ0v) is 15.6. The molecule has 1 fully saturated rings. The average molecular weight is 338 g/mol. The van der Waals surface area contributed by atoms with Crippen molar-refractivity contribution < 1.29 is 0 Å². The molecule has 0 radical (unpaired) electrons. The van der Waals surface area contributed by atoms with Gasteiger partial charge in [-0.2, -0.15) is 0 Å². The lowest BCUT2D eigenvalue weighted by Crippen LogP contribution is -2.46. The Morgan fingerprint density at radius 1 is 1.08 bits per heavy atom. The summed E-state index contributed by atoms with van der Waals surface area (Å²) in [6.07, 6.45) is 8.47. The van der Waals surface area contributed by atoms with E-state index in [4.69, 9.17) is 9.97 Å². The summed E-state index contributed by atoms with van der Waals surface area (Å²) in [6, 6.07) is 0. The zero-order valence-electron chi connectivity index (χ0n) is 15.6. The van der Waals surface area contributed by atoms with Crippen molar-refractivity contribution in [1.82, 2.24) is 19.9 Å². The Morgan fingerprint density at radius 2 is 1.92 bits per heavy atom. The summed E-state index contributed by atoms with van der Waals surface area (Å²) in [5.41, 5.74) is 4.69. The highest BCUT2D eigenvalue weighted by Gasteiger charge is 2.44. The van der Waals surface area contributed by atoms with Gasteiger partial charge in [-0.1, -0.05) is 0 Å². The third-order valence-corrected chi connectivity index (χ3v) is 5.55. The molecule has 2 aromatic rings. The molecule has 0 aromatic carbocycles. The molecule has 2 aromatic heterocycles. The molecule has 1 spiro atoms. The zero-order chi connectivity index (χ0) is 17.6. The third kappa shape index (κ3) is 2.73. The van der Waals surface area contributed by atoms with Crippen molar-refractivity contribution in [3.63, 3.8) is 0 Å². The summed E-state index contributed by atoms with van der Waals surface area (Å²) in [5, 5.41) is 0. The lowest BCUT2D eigenvalue weighted by molar-refractivity contribution is 0.333. The van der Waals surface area contributed by atoms with Gasteiger partial charge in [0.05, 0.1) is 17.1 Å². The second kappa shape index (κ2) is 5.93. The molecule has 6 nitrogen and oxygen atoms in total. The van der Waals surface area contributed by atoms with Crippen molar-refractivity contribution in [2.75, 3.05) is 37.0 Å². The quantitative estimate of drug-likeness (QED) is 0.838. The van der Waals surface area contributed by atoms with Crippen LogP contribution in [0.1, 0.15) is 41.9 Å². The van der Waals surface area contributed by atoms with Crippen LogP contribution >= 0.6 is 0 Å². The van der Waals surface area contributed by atoms with E-state index in [0.29, 0.717) is 0 Å². The second-order valence-electron chi connectivity index (χ2n) is 7.66. The SMILES string of the molecule is Cc1cnc(C)c(N2CCCC3(CCc4cnc(N(C)C)nc43)C2)n1. The van der Waals surface area contributed by atoms with Gasteiger partial charge in [-0.05, 0) is 45.1 Å². The van der Waals surface area contributed by atoms with Crippen LogP contribution in [0.25, 0.3) is 0 Å². The highest BCUT2D eigenvalue weighted by atomic mass is 15.2. The van der Waals surface area contributed by atoms with Gasteiger partial charge >= 0.3 is 0 Å². The summed E-state index contributed by atoms with van der Waals surface area (Å²) < 4.78 is 0. The Hall–Kier alpha value is -2.24. The number of anilines is 2. The van der Waals surface area contributed by atoms with Gasteiger partial charge in [-0.3, -0.25) is 4.98 Å². The van der Waals surface area contributed by atoms with E-state index in [-0.39, 0.29) is 5.41 Å². The lowest BCUT2D eigenvalue weighted by Gasteiger charge is -2.41. The van der Waals surface area contributed by atoms with Crippen LogP contribution < -0.4 is 9.80 Å². The molecule has 1 aliphatic carbocycles. The van der Waals surface area contributed by atoms with E-state index in [0.717, 1.165) is 55.5 Å². The first-order valence-electron chi connectivity index (χ1n) is 9.07. The van der Waals surface area contributed by atoms with Gasteiger partial charge in [-0.15, -0.1) is 0 Å². The summed E-state index contributed by atoms with van der Waals surface area (Å²) in [6.45, 7) is 6.08. The Morgan fingerprint density at radius 3 is 2.72 bits per heavy atom. The van der Waals surface area contributed by atoms with Crippen LogP contribution in [0.15, 0.2) is 12.4 Å². The van der Waals surface area contributed by atoms with Crippen LogP contribution in [0.5, 0.6) is 0 Å². The topological polar surface area (TPSA) is 58.0 Å². The summed E-state index contributed by atoms with van der Waals surface area (Å²) >= 11 is 0. The molecule has 0 bridgehead atoms. The summed E-state index contributed by atoms with van der Waals surface area (Å²) in [4.78, 5) is 23.2. The first-order valence-corrected chi connectivity index (χ1v) is 9.07. The van der Waals surface area contributed by atoms with E-state index in [2.05, 4.69) is 21.8 Å². The largest absolute Gasteiger partial charge is 0.354 e. The summed E-state index contributed by atoms with van der Waals surface area (Å²) in [5.74, 6) is 1.85. The van der Waals surface area contributed by atoms with Gasteiger partial charge in [-0.25, -0.2) is 15.0 Å². The lowest BCUT2D eigenvalue weighted by atomic mass is 9.77. The van der Waals surface area contributed by atoms with Crippen LogP contribution in [0.4, 0.5) is 11.8 Å². The van der Waals surface area contributed by atoms with E-state index >= 15 is 0 Å². The maximum Gasteiger partial charge on any atom is 0.225 e. The van der Waals surface area contributed by atoms with Gasteiger partial charge in [0.2, 0.25) is 5.95 Å². The van der Waals surface area contributed by atoms with Gasteiger partial charge in [0.1, 0.15) is 5.82 Å². The molecule has 2 aliphatic rings. The van der Waals surface area contributed by atoms with E-state index in [1.165, 1.54) is 17.7 Å². The normalized spacial score (nSPS) is 22.3. The predicted molar refractivity (Wildman–Crippen MR) is 99.3 cm³/mol. The van der Waals surface area contributed by atoms with Gasteiger partial charge in [0, 0.05) is 45.0 Å². The molecular weight excluding hydrogens is 312 g/mol. The fourth-order valence-corrected chi connectivity index (χ4v) is 4.28. The van der Waals surface area contributed by atoms with E-state index < -0.39 is 0 Å². The number of aryl methyl sites for hydroxylation is 3. The van der Waals surface area contributed by atoms with Gasteiger partial charge in [0.25, 0.3) is 0 Å². The Balaban J connectivity index is 1.71. The molecule has 0 amide bonds. The number of piperidine rings is 1. The maximum atomic E-state index is 4.95. The van der Waals surface area contributed by atoms with Crippen LogP contribution in [0.3, 0.4) is 0 Å².